The number of ether oxygens (including phenoxy) is 1. The van der Waals surface area contributed by atoms with E-state index in [0.29, 0.717) is 16.1 Å². The summed E-state index contributed by atoms with van der Waals surface area (Å²) in [6.45, 7) is 7.05. The summed E-state index contributed by atoms with van der Waals surface area (Å²) >= 11 is 1.09. The van der Waals surface area contributed by atoms with Crippen LogP contribution in [0, 0.1) is 11.7 Å². The molecular formula is C27H28BF4NO4S. The zero-order chi connectivity index (χ0) is 27.5. The molecule has 2 fully saturated rings. The van der Waals surface area contributed by atoms with Gasteiger partial charge in [-0.3, -0.25) is 9.79 Å². The largest absolute Gasteiger partial charge is 0.494 e. The Labute approximate surface area is 223 Å². The molecule has 0 spiro atoms. The average molecular weight is 549 g/mol. The number of carbonyl (C=O) groups is 1. The third-order valence-electron chi connectivity index (χ3n) is 7.93. The maximum absolute atomic E-state index is 15.5. The summed E-state index contributed by atoms with van der Waals surface area (Å²) in [6.07, 6.45) is -6.86. The highest BCUT2D eigenvalue weighted by molar-refractivity contribution is 8.14. The van der Waals surface area contributed by atoms with Gasteiger partial charge in [0.15, 0.2) is 11.9 Å². The van der Waals surface area contributed by atoms with E-state index in [1.54, 1.807) is 30.3 Å². The number of nitrogens with zero attached hydrogens (tertiary/aromatic N) is 1. The van der Waals surface area contributed by atoms with Gasteiger partial charge in [-0.2, -0.15) is 13.2 Å². The van der Waals surface area contributed by atoms with Gasteiger partial charge in [-0.15, -0.1) is 11.8 Å². The number of hydrogen-bond donors (Lipinski definition) is 0. The van der Waals surface area contributed by atoms with Gasteiger partial charge in [0, 0.05) is 22.8 Å². The Bertz CT molecular complexity index is 1250. The minimum atomic E-state index is -4.65. The van der Waals surface area contributed by atoms with Gasteiger partial charge in [0.25, 0.3) is 0 Å². The van der Waals surface area contributed by atoms with Crippen LogP contribution in [0.4, 0.5) is 17.6 Å². The van der Waals surface area contributed by atoms with Gasteiger partial charge in [0.2, 0.25) is 0 Å². The number of rotatable bonds is 5. The summed E-state index contributed by atoms with van der Waals surface area (Å²) < 4.78 is 74.9. The van der Waals surface area contributed by atoms with Crippen molar-refractivity contribution in [3.8, 4) is 0 Å². The fraction of sp³-hybridized carbons (Fsp3) is 0.481. The molecule has 5 nitrogen and oxygen atoms in total. The van der Waals surface area contributed by atoms with E-state index >= 15 is 4.39 Å². The van der Waals surface area contributed by atoms with Crippen LogP contribution >= 0.6 is 11.8 Å². The first-order valence-corrected chi connectivity index (χ1v) is 13.4. The monoisotopic (exact) mass is 549 g/mol. The van der Waals surface area contributed by atoms with Crippen LogP contribution in [-0.2, 0) is 19.6 Å². The topological polar surface area (TPSA) is 57.1 Å². The smallest absolute Gasteiger partial charge is 0.399 e. The Balaban J connectivity index is 1.56. The summed E-state index contributed by atoms with van der Waals surface area (Å²) in [5.41, 5.74) is -2.05. The number of hydrogen-bond acceptors (Lipinski definition) is 6. The Hall–Kier alpha value is -2.21. The summed E-state index contributed by atoms with van der Waals surface area (Å²) in [5.74, 6) is -2.12. The predicted octanol–water partition coefficient (Wildman–Crippen LogP) is 5.32. The molecule has 0 aromatic heterocycles. The first-order valence-electron chi connectivity index (χ1n) is 12.4. The van der Waals surface area contributed by atoms with Gasteiger partial charge < -0.3 is 14.0 Å². The number of fused-ring (bicyclic) bond motifs is 1. The van der Waals surface area contributed by atoms with Crippen molar-refractivity contribution in [1.82, 2.24) is 0 Å². The Morgan fingerprint density at radius 2 is 1.74 bits per heavy atom. The van der Waals surface area contributed by atoms with E-state index in [1.165, 1.54) is 18.2 Å². The lowest BCUT2D eigenvalue weighted by molar-refractivity contribution is -0.215. The molecule has 5 rings (SSSR count). The molecule has 3 heterocycles. The number of halogens is 4. The predicted molar refractivity (Wildman–Crippen MR) is 138 cm³/mol. The van der Waals surface area contributed by atoms with E-state index in [2.05, 4.69) is 4.99 Å². The van der Waals surface area contributed by atoms with Gasteiger partial charge in [0.05, 0.1) is 29.3 Å². The number of alkyl halides is 3. The molecule has 202 valence electrons. The Morgan fingerprint density at radius 1 is 1.08 bits per heavy atom. The molecule has 3 atom stereocenters. The standard InChI is InChI=1S/C27H28BF4NO4S/c1-24(2)25(3,4)37-28(36-24)17-10-11-20(29)18(12-17)26-15-35-23(27(30,31)32)19(26)14-38-22(33-26)13-21(34)16-8-6-5-7-9-16/h5-12,19,23H,13-15H2,1-4H3/t19-,23+,26-/m0/s1. The molecule has 0 unspecified atom stereocenters. The minimum absolute atomic E-state index is 0.0218. The van der Waals surface area contributed by atoms with Crippen molar-refractivity contribution in [3.63, 3.8) is 0 Å². The number of carbonyl (C=O) groups excluding carboxylic acids is 1. The second-order valence-electron chi connectivity index (χ2n) is 10.9. The highest BCUT2D eigenvalue weighted by Gasteiger charge is 2.62. The fourth-order valence-corrected chi connectivity index (χ4v) is 6.37. The molecule has 0 bridgehead atoms. The normalized spacial score (nSPS) is 28.2. The van der Waals surface area contributed by atoms with Crippen LogP contribution in [0.1, 0.15) is 50.0 Å². The van der Waals surface area contributed by atoms with Gasteiger partial charge in [-0.25, -0.2) is 4.39 Å². The molecule has 0 saturated carbocycles. The van der Waals surface area contributed by atoms with Crippen LogP contribution in [0.25, 0.3) is 0 Å². The fourth-order valence-electron chi connectivity index (χ4n) is 5.09. The SMILES string of the molecule is CC1(C)OB(c2ccc(F)c([C@@]34CO[C@@H](C(F)(F)F)[C@@H]3CSC(CC(=O)c3ccccc3)=N4)c2)OC1(C)C. The molecule has 11 heteroatoms. The molecule has 0 radical (unpaired) electrons. The highest BCUT2D eigenvalue weighted by atomic mass is 32.2. The third-order valence-corrected chi connectivity index (χ3v) is 9.02. The van der Waals surface area contributed by atoms with Crippen molar-refractivity contribution < 1.29 is 36.4 Å². The van der Waals surface area contributed by atoms with E-state index in [0.717, 1.165) is 11.8 Å². The Kier molecular flexibility index (Phi) is 6.82. The summed E-state index contributed by atoms with van der Waals surface area (Å²) in [5, 5.41) is 0.349. The van der Waals surface area contributed by atoms with Crippen LogP contribution < -0.4 is 5.46 Å². The van der Waals surface area contributed by atoms with Crippen molar-refractivity contribution >= 4 is 35.2 Å². The van der Waals surface area contributed by atoms with Crippen molar-refractivity contribution in [1.29, 1.82) is 0 Å². The quantitative estimate of drug-likeness (QED) is 0.287. The lowest BCUT2D eigenvalue weighted by Gasteiger charge is -2.37. The molecule has 2 saturated heterocycles. The zero-order valence-electron chi connectivity index (χ0n) is 21.5. The second-order valence-corrected chi connectivity index (χ2v) is 12.0. The number of Topliss-reactive ketones (excluding diaryl/α,β-unsaturated/α-hetero) is 1. The molecule has 0 aliphatic carbocycles. The first kappa shape index (κ1) is 27.4. The van der Waals surface area contributed by atoms with Gasteiger partial charge in [-0.1, -0.05) is 42.5 Å². The molecule has 2 aromatic carbocycles. The van der Waals surface area contributed by atoms with E-state index < -0.39 is 54.5 Å². The van der Waals surface area contributed by atoms with E-state index in [4.69, 9.17) is 14.0 Å². The number of ketones is 1. The van der Waals surface area contributed by atoms with Crippen molar-refractivity contribution in [2.24, 2.45) is 10.9 Å². The van der Waals surface area contributed by atoms with Gasteiger partial charge >= 0.3 is 13.3 Å². The summed E-state index contributed by atoms with van der Waals surface area (Å²) in [7, 11) is -0.837. The zero-order valence-corrected chi connectivity index (χ0v) is 22.3. The molecule has 2 aromatic rings. The Morgan fingerprint density at radius 3 is 2.37 bits per heavy atom. The van der Waals surface area contributed by atoms with Crippen molar-refractivity contribution in [2.45, 2.75) is 63.1 Å². The molecular weight excluding hydrogens is 521 g/mol. The second kappa shape index (κ2) is 9.47. The maximum Gasteiger partial charge on any atom is 0.494 e. The lowest BCUT2D eigenvalue weighted by atomic mass is 9.73. The highest BCUT2D eigenvalue weighted by Crippen LogP contribution is 2.52. The third kappa shape index (κ3) is 4.72. The lowest BCUT2D eigenvalue weighted by Crippen LogP contribution is -2.46. The van der Waals surface area contributed by atoms with Crippen molar-refractivity contribution in [2.75, 3.05) is 12.4 Å². The molecule has 3 aliphatic heterocycles. The van der Waals surface area contributed by atoms with E-state index in [1.807, 2.05) is 27.7 Å². The van der Waals surface area contributed by atoms with Crippen molar-refractivity contribution in [3.05, 3.63) is 65.5 Å². The number of aliphatic imine (C=N–C) groups is 1. The van der Waals surface area contributed by atoms with Crippen LogP contribution in [0.15, 0.2) is 53.5 Å². The molecule has 0 amide bonds. The summed E-state index contributed by atoms with van der Waals surface area (Å²) in [6, 6.07) is 12.8. The molecule has 38 heavy (non-hydrogen) atoms. The van der Waals surface area contributed by atoms with Crippen LogP contribution in [0.3, 0.4) is 0 Å². The minimum Gasteiger partial charge on any atom is -0.399 e. The molecule has 3 aliphatic rings. The average Bonchev–Trinajstić information content (AvgIpc) is 3.34. The van der Waals surface area contributed by atoms with Crippen LogP contribution in [0.2, 0.25) is 0 Å². The first-order chi connectivity index (χ1) is 17.7. The number of thioether (sulfide) groups is 1. The van der Waals surface area contributed by atoms with E-state index in [9.17, 15) is 18.0 Å². The van der Waals surface area contributed by atoms with Crippen LogP contribution in [-0.4, -0.2) is 53.8 Å². The van der Waals surface area contributed by atoms with Gasteiger partial charge in [-0.05, 0) is 39.2 Å². The summed E-state index contributed by atoms with van der Waals surface area (Å²) in [4.78, 5) is 17.5. The van der Waals surface area contributed by atoms with Gasteiger partial charge in [0.1, 0.15) is 11.4 Å². The number of benzene rings is 2. The van der Waals surface area contributed by atoms with E-state index in [-0.39, 0.29) is 23.5 Å². The maximum atomic E-state index is 15.5. The van der Waals surface area contributed by atoms with Crippen LogP contribution in [0.5, 0.6) is 0 Å². The molecule has 0 N–H and O–H groups in total.